The van der Waals surface area contributed by atoms with E-state index in [-0.39, 0.29) is 21.7 Å². The van der Waals surface area contributed by atoms with Gasteiger partial charge in [0.05, 0.1) is 50.7 Å². The zero-order valence-electron chi connectivity index (χ0n) is 43.7. The predicted octanol–water partition coefficient (Wildman–Crippen LogP) is 18.0. The van der Waals surface area contributed by atoms with E-state index >= 15 is 0 Å². The monoisotopic (exact) mass is 935 g/mol. The number of pyridine rings is 3. The standard InChI is InChI=1S/C67H61N5/c1-64(2,3)44-21-13-38(14-22-44)42-29-50-48-32-54-58(35-57(48)71-59-37-68-55(33-49(59)51(30-42)61(50)71)40-17-25-46(26-18-40)66(7,8)9)72-62-52(34-56(70-60(54)62)41-19-27-47(28-20-41)67(10,11)12)53-31-43(36-69-63(53)72)39-15-23-45(24-16-39)65(4,5)6/h13-37H,1-12H3. The van der Waals surface area contributed by atoms with Crippen LogP contribution < -0.4 is 0 Å². The van der Waals surface area contributed by atoms with Crippen LogP contribution in [0.4, 0.5) is 0 Å². The zero-order valence-corrected chi connectivity index (χ0v) is 43.7. The summed E-state index contributed by atoms with van der Waals surface area (Å²) in [6.07, 6.45) is 4.15. The van der Waals surface area contributed by atoms with Crippen molar-refractivity contribution in [3.8, 4) is 44.8 Å². The third-order valence-electron chi connectivity index (χ3n) is 15.7. The van der Waals surface area contributed by atoms with Crippen LogP contribution in [0.5, 0.6) is 0 Å². The average Bonchev–Trinajstić information content (AvgIpc) is 4.07. The van der Waals surface area contributed by atoms with Gasteiger partial charge in [-0.2, -0.15) is 0 Å². The van der Waals surface area contributed by atoms with Gasteiger partial charge in [0, 0.05) is 60.6 Å². The largest absolute Gasteiger partial charge is 0.306 e. The Morgan fingerprint density at radius 2 is 0.736 bits per heavy atom. The Morgan fingerprint density at radius 1 is 0.306 bits per heavy atom. The van der Waals surface area contributed by atoms with Crippen LogP contribution in [-0.4, -0.2) is 23.8 Å². The van der Waals surface area contributed by atoms with Crippen LogP contribution in [0, 0.1) is 0 Å². The number of benzene rings is 6. The van der Waals surface area contributed by atoms with Crippen molar-refractivity contribution in [3.05, 3.63) is 174 Å². The van der Waals surface area contributed by atoms with E-state index in [0.29, 0.717) is 0 Å². The number of nitrogens with zero attached hydrogens (tertiary/aromatic N) is 5. The summed E-state index contributed by atoms with van der Waals surface area (Å²) in [6, 6.07) is 52.8. The Kier molecular flexibility index (Phi) is 9.21. The summed E-state index contributed by atoms with van der Waals surface area (Å²) < 4.78 is 4.85. The van der Waals surface area contributed by atoms with Gasteiger partial charge in [-0.3, -0.25) is 9.38 Å². The van der Waals surface area contributed by atoms with Crippen molar-refractivity contribution < 1.29 is 0 Å². The van der Waals surface area contributed by atoms with Crippen LogP contribution in [0.15, 0.2) is 152 Å². The number of aromatic nitrogens is 5. The lowest BCUT2D eigenvalue weighted by Crippen LogP contribution is -2.10. The van der Waals surface area contributed by atoms with E-state index in [9.17, 15) is 0 Å². The molecule has 0 atom stereocenters. The third kappa shape index (κ3) is 6.76. The molecule has 5 nitrogen and oxygen atoms in total. The summed E-state index contributed by atoms with van der Waals surface area (Å²) in [5, 5.41) is 8.24. The number of hydrogen-bond donors (Lipinski definition) is 0. The molecule has 0 spiro atoms. The molecular weight excluding hydrogens is 875 g/mol. The van der Waals surface area contributed by atoms with Gasteiger partial charge in [-0.1, -0.05) is 180 Å². The van der Waals surface area contributed by atoms with E-state index in [2.05, 4.69) is 244 Å². The van der Waals surface area contributed by atoms with Gasteiger partial charge < -0.3 is 4.40 Å². The van der Waals surface area contributed by atoms with Crippen LogP contribution in [0.3, 0.4) is 0 Å². The molecule has 0 amide bonds. The second kappa shape index (κ2) is 15.0. The molecule has 0 N–H and O–H groups in total. The van der Waals surface area contributed by atoms with Gasteiger partial charge in [-0.25, -0.2) is 9.97 Å². The topological polar surface area (TPSA) is 47.5 Å². The van der Waals surface area contributed by atoms with Gasteiger partial charge >= 0.3 is 0 Å². The first kappa shape index (κ1) is 44.3. The zero-order chi connectivity index (χ0) is 50.0. The minimum atomic E-state index is 0.0451. The summed E-state index contributed by atoms with van der Waals surface area (Å²) in [6.45, 7) is 27.2. The Bertz CT molecular complexity index is 4010. The Labute approximate surface area is 421 Å². The van der Waals surface area contributed by atoms with Crippen molar-refractivity contribution >= 4 is 76.5 Å². The maximum absolute atomic E-state index is 5.63. The van der Waals surface area contributed by atoms with E-state index in [1.165, 1.54) is 60.4 Å². The molecule has 0 saturated heterocycles. The van der Waals surface area contributed by atoms with Crippen LogP contribution in [-0.2, 0) is 21.7 Å². The minimum Gasteiger partial charge on any atom is -0.306 e. The maximum atomic E-state index is 5.63. The van der Waals surface area contributed by atoms with Gasteiger partial charge in [0.1, 0.15) is 5.65 Å². The number of hydrogen-bond acceptors (Lipinski definition) is 3. The molecule has 0 aliphatic rings. The van der Waals surface area contributed by atoms with Crippen LogP contribution >= 0.6 is 0 Å². The number of fused-ring (bicyclic) bond motifs is 12. The normalized spacial score (nSPS) is 13.3. The first-order valence-corrected chi connectivity index (χ1v) is 25.7. The lowest BCUT2D eigenvalue weighted by Gasteiger charge is -2.19. The Balaban J connectivity index is 1.10. The van der Waals surface area contributed by atoms with Gasteiger partial charge in [0.2, 0.25) is 0 Å². The average molecular weight is 936 g/mol. The predicted molar refractivity (Wildman–Crippen MR) is 306 cm³/mol. The molecule has 0 unspecified atom stereocenters. The van der Waals surface area contributed by atoms with Crippen LogP contribution in [0.25, 0.3) is 121 Å². The summed E-state index contributed by atoms with van der Waals surface area (Å²) in [5.41, 5.74) is 21.9. The van der Waals surface area contributed by atoms with Crippen molar-refractivity contribution in [1.82, 2.24) is 23.8 Å². The molecule has 0 fully saturated rings. The number of rotatable bonds is 4. The molecule has 13 rings (SSSR count). The van der Waals surface area contributed by atoms with Gasteiger partial charge in [-0.05, 0) is 103 Å². The lowest BCUT2D eigenvalue weighted by atomic mass is 9.86. The van der Waals surface area contributed by atoms with Crippen LogP contribution in [0.1, 0.15) is 105 Å². The molecule has 13 aromatic rings. The Morgan fingerprint density at radius 3 is 1.26 bits per heavy atom. The second-order valence-corrected chi connectivity index (χ2v) is 24.7. The first-order valence-electron chi connectivity index (χ1n) is 25.7. The summed E-state index contributed by atoms with van der Waals surface area (Å²) in [7, 11) is 0. The van der Waals surface area contributed by atoms with Gasteiger partial charge in [0.25, 0.3) is 0 Å². The van der Waals surface area contributed by atoms with Crippen molar-refractivity contribution in [2.24, 2.45) is 0 Å². The fraction of sp³-hybridized carbons (Fsp3) is 0.239. The first-order chi connectivity index (χ1) is 34.2. The maximum Gasteiger partial charge on any atom is 0.145 e. The van der Waals surface area contributed by atoms with Gasteiger partial charge in [0.15, 0.2) is 0 Å². The van der Waals surface area contributed by atoms with Crippen molar-refractivity contribution in [2.45, 2.75) is 105 Å². The smallest absolute Gasteiger partial charge is 0.145 e. The summed E-state index contributed by atoms with van der Waals surface area (Å²) in [5.74, 6) is 0. The molecular formula is C67H61N5. The highest BCUT2D eigenvalue weighted by atomic mass is 15.0. The van der Waals surface area contributed by atoms with E-state index < -0.39 is 0 Å². The molecule has 0 aliphatic carbocycles. The minimum absolute atomic E-state index is 0.0451. The molecule has 0 bridgehead atoms. The van der Waals surface area contributed by atoms with E-state index in [1.54, 1.807) is 0 Å². The van der Waals surface area contributed by atoms with Gasteiger partial charge in [-0.15, -0.1) is 0 Å². The molecule has 0 aliphatic heterocycles. The van der Waals surface area contributed by atoms with Crippen molar-refractivity contribution in [1.29, 1.82) is 0 Å². The molecule has 72 heavy (non-hydrogen) atoms. The van der Waals surface area contributed by atoms with E-state index in [1.807, 2.05) is 0 Å². The quantitative estimate of drug-likeness (QED) is 0.177. The second-order valence-electron chi connectivity index (χ2n) is 24.7. The molecule has 0 saturated carbocycles. The summed E-state index contributed by atoms with van der Waals surface area (Å²) >= 11 is 0. The van der Waals surface area contributed by atoms with Crippen LogP contribution in [0.2, 0.25) is 0 Å². The fourth-order valence-electron chi connectivity index (χ4n) is 11.4. The molecule has 6 aromatic carbocycles. The van der Waals surface area contributed by atoms with Crippen molar-refractivity contribution in [3.63, 3.8) is 0 Å². The highest BCUT2D eigenvalue weighted by Crippen LogP contribution is 2.47. The SMILES string of the molecule is CC(C)(C)c1ccc(-c2cnc3c(c2)c2cc(-c4ccc(C(C)(C)C)cc4)nc4c5cc6c7cc(-c8ccc(C(C)(C)C)cc8)cc8c9cc(-c%10ccc(C(C)(C)C)cc%10)ncc9n(c6cc5n3c24)c87)cc1. The molecule has 7 aromatic heterocycles. The summed E-state index contributed by atoms with van der Waals surface area (Å²) in [4.78, 5) is 16.2. The highest BCUT2D eigenvalue weighted by Gasteiger charge is 2.27. The van der Waals surface area contributed by atoms with E-state index in [0.717, 1.165) is 83.0 Å². The van der Waals surface area contributed by atoms with Crippen molar-refractivity contribution in [2.75, 3.05) is 0 Å². The fourth-order valence-corrected chi connectivity index (χ4v) is 11.4. The molecule has 354 valence electrons. The highest BCUT2D eigenvalue weighted by molar-refractivity contribution is 6.29. The van der Waals surface area contributed by atoms with E-state index in [4.69, 9.17) is 15.0 Å². The molecule has 0 radical (unpaired) electrons. The molecule has 5 heteroatoms. The Hall–Kier alpha value is -7.63. The third-order valence-corrected chi connectivity index (χ3v) is 15.7. The lowest BCUT2D eigenvalue weighted by molar-refractivity contribution is 0.590. The molecule has 7 heterocycles.